The summed E-state index contributed by atoms with van der Waals surface area (Å²) in [5, 5.41) is 2.95. The Kier molecular flexibility index (Phi) is 3.51. The molecule has 0 radical (unpaired) electrons. The topological polar surface area (TPSA) is 56.1 Å². The lowest BCUT2D eigenvalue weighted by atomic mass is 10.1. The van der Waals surface area contributed by atoms with Crippen LogP contribution in [0.3, 0.4) is 0 Å². The first-order valence-electron chi connectivity index (χ1n) is 7.63. The van der Waals surface area contributed by atoms with Gasteiger partial charge in [0, 0.05) is 12.1 Å². The highest BCUT2D eigenvalue weighted by Crippen LogP contribution is 2.38. The Hall–Kier alpha value is -1.78. The SMILES string of the molecule is CC(C)(C)OC(=O)NC1CC=C(c2cncn2C2CC2)C1. The van der Waals surface area contributed by atoms with E-state index in [0.717, 1.165) is 12.8 Å². The van der Waals surface area contributed by atoms with Crippen LogP contribution in [0.4, 0.5) is 4.79 Å². The number of rotatable bonds is 3. The molecule has 0 spiro atoms. The third kappa shape index (κ3) is 3.46. The molecule has 1 atom stereocenters. The van der Waals surface area contributed by atoms with Crippen LogP contribution in [-0.2, 0) is 4.74 Å². The maximum Gasteiger partial charge on any atom is 0.407 e. The van der Waals surface area contributed by atoms with E-state index < -0.39 is 5.60 Å². The third-order valence-electron chi connectivity index (χ3n) is 3.77. The van der Waals surface area contributed by atoms with Crippen LogP contribution in [0, 0.1) is 0 Å². The highest BCUT2D eigenvalue weighted by Gasteiger charge is 2.29. The lowest BCUT2D eigenvalue weighted by Crippen LogP contribution is -2.38. The van der Waals surface area contributed by atoms with Gasteiger partial charge in [0.25, 0.3) is 0 Å². The van der Waals surface area contributed by atoms with E-state index >= 15 is 0 Å². The van der Waals surface area contributed by atoms with Crippen molar-refractivity contribution >= 4 is 11.7 Å². The molecule has 1 heterocycles. The van der Waals surface area contributed by atoms with E-state index in [1.54, 1.807) is 0 Å². The number of aromatic nitrogens is 2. The Bertz CT molecular complexity index is 564. The van der Waals surface area contributed by atoms with Gasteiger partial charge in [-0.15, -0.1) is 0 Å². The number of amides is 1. The number of carbonyl (C=O) groups is 1. The number of imidazole rings is 1. The van der Waals surface area contributed by atoms with Crippen LogP contribution < -0.4 is 5.32 Å². The molecule has 1 aromatic heterocycles. The number of carbonyl (C=O) groups excluding carboxylic acids is 1. The molecule has 1 saturated carbocycles. The van der Waals surface area contributed by atoms with Gasteiger partial charge in [-0.25, -0.2) is 9.78 Å². The monoisotopic (exact) mass is 289 g/mol. The highest BCUT2D eigenvalue weighted by atomic mass is 16.6. The Labute approximate surface area is 125 Å². The van der Waals surface area contributed by atoms with Crippen LogP contribution in [0.1, 0.15) is 58.2 Å². The van der Waals surface area contributed by atoms with Crippen LogP contribution in [0.2, 0.25) is 0 Å². The molecule has 114 valence electrons. The summed E-state index contributed by atoms with van der Waals surface area (Å²) in [7, 11) is 0. The standard InChI is InChI=1S/C16H23N3O2/c1-16(2,3)21-15(20)18-12-5-4-11(8-12)14-9-17-10-19(14)13-6-7-13/h4,9-10,12-13H,5-8H2,1-3H3,(H,18,20). The van der Waals surface area contributed by atoms with E-state index in [1.165, 1.54) is 24.1 Å². The molecule has 0 bridgehead atoms. The van der Waals surface area contributed by atoms with Gasteiger partial charge in [0.1, 0.15) is 5.60 Å². The molecule has 0 aromatic carbocycles. The zero-order valence-corrected chi connectivity index (χ0v) is 12.9. The zero-order valence-electron chi connectivity index (χ0n) is 12.9. The Morgan fingerprint density at radius 1 is 1.43 bits per heavy atom. The largest absolute Gasteiger partial charge is 0.444 e. The summed E-state index contributed by atoms with van der Waals surface area (Å²) in [4.78, 5) is 16.1. The molecule has 2 aliphatic rings. The van der Waals surface area contributed by atoms with Crippen molar-refractivity contribution in [2.45, 2.75) is 64.1 Å². The van der Waals surface area contributed by atoms with Crippen molar-refractivity contribution in [3.05, 3.63) is 24.3 Å². The van der Waals surface area contributed by atoms with E-state index in [1.807, 2.05) is 33.3 Å². The van der Waals surface area contributed by atoms with Crippen molar-refractivity contribution in [2.75, 3.05) is 0 Å². The molecule has 5 nitrogen and oxygen atoms in total. The molecule has 21 heavy (non-hydrogen) atoms. The average molecular weight is 289 g/mol. The minimum atomic E-state index is -0.455. The number of hydrogen-bond donors (Lipinski definition) is 1. The molecule has 3 rings (SSSR count). The van der Waals surface area contributed by atoms with Gasteiger partial charge in [0.2, 0.25) is 0 Å². The minimum Gasteiger partial charge on any atom is -0.444 e. The van der Waals surface area contributed by atoms with E-state index in [-0.39, 0.29) is 12.1 Å². The predicted octanol–water partition coefficient (Wildman–Crippen LogP) is 3.29. The van der Waals surface area contributed by atoms with Gasteiger partial charge in [-0.3, -0.25) is 0 Å². The van der Waals surface area contributed by atoms with Crippen molar-refractivity contribution in [3.63, 3.8) is 0 Å². The normalized spacial score (nSPS) is 22.0. The van der Waals surface area contributed by atoms with Crippen LogP contribution in [0.5, 0.6) is 0 Å². The van der Waals surface area contributed by atoms with Crippen LogP contribution >= 0.6 is 0 Å². The number of ether oxygens (including phenoxy) is 1. The highest BCUT2D eigenvalue weighted by molar-refractivity contribution is 5.71. The average Bonchev–Trinajstić information content (AvgIpc) is 2.92. The number of nitrogens with one attached hydrogen (secondary N) is 1. The summed E-state index contributed by atoms with van der Waals surface area (Å²) >= 11 is 0. The van der Waals surface area contributed by atoms with Gasteiger partial charge >= 0.3 is 6.09 Å². The van der Waals surface area contributed by atoms with Crippen molar-refractivity contribution in [2.24, 2.45) is 0 Å². The summed E-state index contributed by atoms with van der Waals surface area (Å²) in [6.45, 7) is 5.62. The fraction of sp³-hybridized carbons (Fsp3) is 0.625. The van der Waals surface area contributed by atoms with Crippen LogP contribution in [0.15, 0.2) is 18.6 Å². The van der Waals surface area contributed by atoms with Gasteiger partial charge in [-0.05, 0) is 52.0 Å². The maximum atomic E-state index is 11.8. The number of hydrogen-bond acceptors (Lipinski definition) is 3. The second-order valence-electron chi connectivity index (χ2n) is 6.93. The van der Waals surface area contributed by atoms with Gasteiger partial charge in [0.05, 0.1) is 18.2 Å². The van der Waals surface area contributed by atoms with Gasteiger partial charge in [-0.1, -0.05) is 6.08 Å². The molecule has 1 aromatic rings. The molecule has 2 aliphatic carbocycles. The first-order valence-corrected chi connectivity index (χ1v) is 7.63. The second-order valence-corrected chi connectivity index (χ2v) is 6.93. The molecule has 0 aliphatic heterocycles. The van der Waals surface area contributed by atoms with E-state index in [9.17, 15) is 4.79 Å². The van der Waals surface area contributed by atoms with Gasteiger partial charge < -0.3 is 14.6 Å². The van der Waals surface area contributed by atoms with E-state index in [2.05, 4.69) is 20.9 Å². The molecule has 1 fully saturated rings. The fourth-order valence-corrected chi connectivity index (χ4v) is 2.71. The van der Waals surface area contributed by atoms with Crippen LogP contribution in [-0.4, -0.2) is 27.3 Å². The second kappa shape index (κ2) is 5.20. The van der Waals surface area contributed by atoms with Gasteiger partial charge in [-0.2, -0.15) is 0 Å². The summed E-state index contributed by atoms with van der Waals surface area (Å²) in [5.41, 5.74) is 2.02. The molecular formula is C16H23N3O2. The molecular weight excluding hydrogens is 266 g/mol. The van der Waals surface area contributed by atoms with Gasteiger partial charge in [0.15, 0.2) is 0 Å². The maximum absolute atomic E-state index is 11.8. The molecule has 1 unspecified atom stereocenters. The van der Waals surface area contributed by atoms with Crippen molar-refractivity contribution < 1.29 is 9.53 Å². The summed E-state index contributed by atoms with van der Waals surface area (Å²) in [6.07, 6.45) is 9.91. The summed E-state index contributed by atoms with van der Waals surface area (Å²) in [6, 6.07) is 0.749. The zero-order chi connectivity index (χ0) is 15.0. The Balaban J connectivity index is 1.57. The lowest BCUT2D eigenvalue weighted by molar-refractivity contribution is 0.0507. The Morgan fingerprint density at radius 3 is 2.86 bits per heavy atom. The van der Waals surface area contributed by atoms with Crippen molar-refractivity contribution in [1.29, 1.82) is 0 Å². The third-order valence-corrected chi connectivity index (χ3v) is 3.77. The summed E-state index contributed by atoms with van der Waals surface area (Å²) < 4.78 is 7.57. The molecule has 1 N–H and O–H groups in total. The van der Waals surface area contributed by atoms with Crippen LogP contribution in [0.25, 0.3) is 5.57 Å². The minimum absolute atomic E-state index is 0.123. The van der Waals surface area contributed by atoms with Crippen molar-refractivity contribution in [1.82, 2.24) is 14.9 Å². The predicted molar refractivity (Wildman–Crippen MR) is 80.9 cm³/mol. The van der Waals surface area contributed by atoms with Crippen molar-refractivity contribution in [3.8, 4) is 0 Å². The Morgan fingerprint density at radius 2 is 2.19 bits per heavy atom. The first kappa shape index (κ1) is 14.2. The number of alkyl carbamates (subject to hydrolysis) is 1. The number of nitrogens with zero attached hydrogens (tertiary/aromatic N) is 2. The smallest absolute Gasteiger partial charge is 0.407 e. The lowest BCUT2D eigenvalue weighted by Gasteiger charge is -2.21. The fourth-order valence-electron chi connectivity index (χ4n) is 2.71. The summed E-state index contributed by atoms with van der Waals surface area (Å²) in [5.74, 6) is 0. The van der Waals surface area contributed by atoms with E-state index in [4.69, 9.17) is 4.74 Å². The first-order chi connectivity index (χ1) is 9.92. The molecule has 1 amide bonds. The van der Waals surface area contributed by atoms with E-state index in [0.29, 0.717) is 6.04 Å². The molecule has 0 saturated heterocycles. The molecule has 5 heteroatoms. The quantitative estimate of drug-likeness (QED) is 0.929.